The second kappa shape index (κ2) is 6.31. The number of aromatic nitrogens is 1. The highest BCUT2D eigenvalue weighted by atomic mass is 32.1. The number of anilines is 1. The molecule has 1 heterocycles. The molecule has 0 aliphatic rings. The normalized spacial score (nSPS) is 10.4. The van der Waals surface area contributed by atoms with Gasteiger partial charge in [-0.3, -0.25) is 4.79 Å². The standard InChI is InChI=1S/C13H15N3O2S/c1-18-7-10-4-2-3-9(5-10)6-15-12(17)11-8-19-13(14)16-11/h2-5,8H,6-7H2,1H3,(H2,14,16)(H,15,17). The lowest BCUT2D eigenvalue weighted by Gasteiger charge is -2.06. The fourth-order valence-electron chi connectivity index (χ4n) is 1.66. The number of rotatable bonds is 5. The molecule has 1 aromatic carbocycles. The van der Waals surface area contributed by atoms with Crippen molar-refractivity contribution in [3.8, 4) is 0 Å². The molecule has 1 aromatic heterocycles. The number of nitrogen functional groups attached to an aromatic ring is 1. The van der Waals surface area contributed by atoms with Crippen LogP contribution in [0, 0.1) is 0 Å². The summed E-state index contributed by atoms with van der Waals surface area (Å²) in [6.45, 7) is 1.01. The molecule has 0 fully saturated rings. The lowest BCUT2D eigenvalue weighted by atomic mass is 10.1. The van der Waals surface area contributed by atoms with Crippen molar-refractivity contribution < 1.29 is 9.53 Å². The van der Waals surface area contributed by atoms with E-state index in [1.165, 1.54) is 11.3 Å². The molecule has 0 unspecified atom stereocenters. The van der Waals surface area contributed by atoms with Gasteiger partial charge in [0.25, 0.3) is 5.91 Å². The van der Waals surface area contributed by atoms with Crippen molar-refractivity contribution in [2.24, 2.45) is 0 Å². The van der Waals surface area contributed by atoms with Crippen LogP contribution in [0.25, 0.3) is 0 Å². The van der Waals surface area contributed by atoms with Gasteiger partial charge < -0.3 is 15.8 Å². The molecule has 2 aromatic rings. The smallest absolute Gasteiger partial charge is 0.271 e. The number of nitrogens with zero attached hydrogens (tertiary/aromatic N) is 1. The zero-order chi connectivity index (χ0) is 13.7. The summed E-state index contributed by atoms with van der Waals surface area (Å²) in [6, 6.07) is 7.88. The van der Waals surface area contributed by atoms with Crippen molar-refractivity contribution in [3.63, 3.8) is 0 Å². The average molecular weight is 277 g/mol. The Morgan fingerprint density at radius 2 is 2.26 bits per heavy atom. The summed E-state index contributed by atoms with van der Waals surface area (Å²) in [5, 5.41) is 4.85. The number of hydrogen-bond donors (Lipinski definition) is 2. The molecule has 2 rings (SSSR count). The number of benzene rings is 1. The number of carbonyl (C=O) groups is 1. The highest BCUT2D eigenvalue weighted by Crippen LogP contribution is 2.11. The number of nitrogens with one attached hydrogen (secondary N) is 1. The lowest BCUT2D eigenvalue weighted by molar-refractivity contribution is 0.0946. The average Bonchev–Trinajstić information content (AvgIpc) is 2.84. The fraction of sp³-hybridized carbons (Fsp3) is 0.231. The molecule has 19 heavy (non-hydrogen) atoms. The Morgan fingerprint density at radius 3 is 2.95 bits per heavy atom. The molecule has 0 aliphatic heterocycles. The molecule has 6 heteroatoms. The fourth-order valence-corrected chi connectivity index (χ4v) is 2.20. The van der Waals surface area contributed by atoms with Crippen LogP contribution in [-0.4, -0.2) is 18.0 Å². The molecule has 0 atom stereocenters. The topological polar surface area (TPSA) is 77.2 Å². The van der Waals surface area contributed by atoms with Gasteiger partial charge >= 0.3 is 0 Å². The number of carbonyl (C=O) groups excluding carboxylic acids is 1. The van der Waals surface area contributed by atoms with Crippen molar-refractivity contribution in [3.05, 3.63) is 46.5 Å². The summed E-state index contributed by atoms with van der Waals surface area (Å²) in [4.78, 5) is 15.7. The summed E-state index contributed by atoms with van der Waals surface area (Å²) in [5.41, 5.74) is 7.94. The van der Waals surface area contributed by atoms with Crippen LogP contribution in [0.5, 0.6) is 0 Å². The Bertz CT molecular complexity index is 569. The Balaban J connectivity index is 1.95. The molecular weight excluding hydrogens is 262 g/mol. The first-order valence-electron chi connectivity index (χ1n) is 5.75. The van der Waals surface area contributed by atoms with Crippen molar-refractivity contribution in [2.45, 2.75) is 13.2 Å². The number of nitrogens with two attached hydrogens (primary N) is 1. The zero-order valence-electron chi connectivity index (χ0n) is 10.6. The van der Waals surface area contributed by atoms with E-state index in [1.54, 1.807) is 12.5 Å². The maximum Gasteiger partial charge on any atom is 0.271 e. The molecule has 0 aliphatic carbocycles. The van der Waals surface area contributed by atoms with E-state index in [4.69, 9.17) is 10.5 Å². The monoisotopic (exact) mass is 277 g/mol. The van der Waals surface area contributed by atoms with E-state index in [9.17, 15) is 4.79 Å². The van der Waals surface area contributed by atoms with Crippen LogP contribution in [0.1, 0.15) is 21.6 Å². The van der Waals surface area contributed by atoms with Crippen LogP contribution in [-0.2, 0) is 17.9 Å². The second-order valence-electron chi connectivity index (χ2n) is 4.01. The van der Waals surface area contributed by atoms with Gasteiger partial charge in [-0.1, -0.05) is 24.3 Å². The van der Waals surface area contributed by atoms with Crippen LogP contribution in [0.15, 0.2) is 29.6 Å². The number of ether oxygens (including phenoxy) is 1. The van der Waals surface area contributed by atoms with Gasteiger partial charge in [-0.25, -0.2) is 4.98 Å². The largest absolute Gasteiger partial charge is 0.380 e. The molecule has 0 saturated heterocycles. The Morgan fingerprint density at radius 1 is 1.47 bits per heavy atom. The van der Waals surface area contributed by atoms with Gasteiger partial charge in [0.1, 0.15) is 5.69 Å². The van der Waals surface area contributed by atoms with Crippen LogP contribution >= 0.6 is 11.3 Å². The van der Waals surface area contributed by atoms with Crippen molar-refractivity contribution in [1.82, 2.24) is 10.3 Å². The molecule has 0 spiro atoms. The van der Waals surface area contributed by atoms with E-state index in [0.29, 0.717) is 24.0 Å². The Labute approximate surface area is 115 Å². The third kappa shape index (κ3) is 3.77. The van der Waals surface area contributed by atoms with E-state index in [2.05, 4.69) is 10.3 Å². The number of methoxy groups -OCH3 is 1. The highest BCUT2D eigenvalue weighted by Gasteiger charge is 2.09. The minimum absolute atomic E-state index is 0.218. The third-order valence-electron chi connectivity index (χ3n) is 2.51. The molecule has 5 nitrogen and oxygen atoms in total. The minimum Gasteiger partial charge on any atom is -0.380 e. The summed E-state index contributed by atoms with van der Waals surface area (Å²) in [5.74, 6) is -0.218. The van der Waals surface area contributed by atoms with Gasteiger partial charge in [0.05, 0.1) is 6.61 Å². The number of thiazole rings is 1. The summed E-state index contributed by atoms with van der Waals surface area (Å²) in [6.07, 6.45) is 0. The predicted octanol–water partition coefficient (Wildman–Crippen LogP) is 1.80. The first kappa shape index (κ1) is 13.5. The Kier molecular flexibility index (Phi) is 4.48. The first-order chi connectivity index (χ1) is 9.19. The van der Waals surface area contributed by atoms with Crippen LogP contribution < -0.4 is 11.1 Å². The molecule has 1 amide bonds. The Hall–Kier alpha value is -1.92. The predicted molar refractivity (Wildman–Crippen MR) is 74.9 cm³/mol. The SMILES string of the molecule is COCc1cccc(CNC(=O)c2csc(N)n2)c1. The quantitative estimate of drug-likeness (QED) is 0.873. The van der Waals surface area contributed by atoms with Crippen LogP contribution in [0.2, 0.25) is 0 Å². The first-order valence-corrected chi connectivity index (χ1v) is 6.63. The molecule has 0 saturated carbocycles. The van der Waals surface area contributed by atoms with E-state index in [1.807, 2.05) is 24.3 Å². The molecule has 3 N–H and O–H groups in total. The highest BCUT2D eigenvalue weighted by molar-refractivity contribution is 7.13. The maximum absolute atomic E-state index is 11.8. The summed E-state index contributed by atoms with van der Waals surface area (Å²) < 4.78 is 5.07. The van der Waals surface area contributed by atoms with Gasteiger partial charge in [0.15, 0.2) is 5.13 Å². The van der Waals surface area contributed by atoms with Gasteiger partial charge in [-0.2, -0.15) is 0 Å². The van der Waals surface area contributed by atoms with Crippen LogP contribution in [0.3, 0.4) is 0 Å². The van der Waals surface area contributed by atoms with E-state index < -0.39 is 0 Å². The van der Waals surface area contributed by atoms with E-state index in [0.717, 1.165) is 11.1 Å². The van der Waals surface area contributed by atoms with Gasteiger partial charge in [-0.15, -0.1) is 11.3 Å². The maximum atomic E-state index is 11.8. The molecule has 100 valence electrons. The number of hydrogen-bond acceptors (Lipinski definition) is 5. The van der Waals surface area contributed by atoms with Gasteiger partial charge in [0.2, 0.25) is 0 Å². The molecule has 0 radical (unpaired) electrons. The zero-order valence-corrected chi connectivity index (χ0v) is 11.4. The number of amides is 1. The summed E-state index contributed by atoms with van der Waals surface area (Å²) in [7, 11) is 1.65. The van der Waals surface area contributed by atoms with Crippen LogP contribution in [0.4, 0.5) is 5.13 Å². The van der Waals surface area contributed by atoms with Crippen molar-refractivity contribution in [1.29, 1.82) is 0 Å². The van der Waals surface area contributed by atoms with E-state index >= 15 is 0 Å². The second-order valence-corrected chi connectivity index (χ2v) is 4.90. The van der Waals surface area contributed by atoms with Gasteiger partial charge in [-0.05, 0) is 11.1 Å². The van der Waals surface area contributed by atoms with E-state index in [-0.39, 0.29) is 5.91 Å². The molecule has 0 bridgehead atoms. The van der Waals surface area contributed by atoms with Gasteiger partial charge in [0, 0.05) is 19.0 Å². The third-order valence-corrected chi connectivity index (χ3v) is 3.18. The minimum atomic E-state index is -0.218. The molecular formula is C13H15N3O2S. The van der Waals surface area contributed by atoms with Crippen molar-refractivity contribution >= 4 is 22.4 Å². The lowest BCUT2D eigenvalue weighted by Crippen LogP contribution is -2.23. The van der Waals surface area contributed by atoms with Crippen molar-refractivity contribution in [2.75, 3.05) is 12.8 Å². The summed E-state index contributed by atoms with van der Waals surface area (Å²) >= 11 is 1.25.